The molecule has 1 saturated heterocycles. The van der Waals surface area contributed by atoms with Crippen molar-refractivity contribution in [1.29, 1.82) is 0 Å². The molecule has 1 aliphatic rings. The Kier molecular flexibility index (Phi) is 7.01. The molecule has 0 bridgehead atoms. The molecule has 25 heavy (non-hydrogen) atoms. The summed E-state index contributed by atoms with van der Waals surface area (Å²) in [6.07, 6.45) is 4.19. The van der Waals surface area contributed by atoms with Crippen LogP contribution in [0.2, 0.25) is 5.15 Å². The molecule has 0 saturated carbocycles. The molecular weight excluding hydrogens is 342 g/mol. The molecule has 2 amide bonds. The van der Waals surface area contributed by atoms with E-state index in [9.17, 15) is 9.59 Å². The number of rotatable bonds is 6. The van der Waals surface area contributed by atoms with Gasteiger partial charge in [-0.1, -0.05) is 18.5 Å². The highest BCUT2D eigenvalue weighted by atomic mass is 35.5. The van der Waals surface area contributed by atoms with E-state index in [0.717, 1.165) is 17.7 Å². The number of hydrogen-bond acceptors (Lipinski definition) is 4. The van der Waals surface area contributed by atoms with Crippen molar-refractivity contribution in [2.24, 2.45) is 7.05 Å². The van der Waals surface area contributed by atoms with Crippen molar-refractivity contribution in [2.45, 2.75) is 20.3 Å². The zero-order chi connectivity index (χ0) is 18.4. The Hall–Kier alpha value is -1.86. The van der Waals surface area contributed by atoms with Gasteiger partial charge in [0.25, 0.3) is 0 Å². The first-order valence-electron chi connectivity index (χ1n) is 8.57. The number of aromatic nitrogens is 2. The zero-order valence-electron chi connectivity index (χ0n) is 15.1. The lowest BCUT2D eigenvalue weighted by Crippen LogP contribution is -2.50. The molecule has 1 aliphatic heterocycles. The Balaban J connectivity index is 1.83. The van der Waals surface area contributed by atoms with Crippen molar-refractivity contribution in [2.75, 3.05) is 39.3 Å². The first kappa shape index (κ1) is 19.5. The molecule has 0 unspecified atom stereocenters. The van der Waals surface area contributed by atoms with Crippen molar-refractivity contribution < 1.29 is 9.59 Å². The number of aryl methyl sites for hydroxylation is 2. The van der Waals surface area contributed by atoms with Crippen LogP contribution in [0.5, 0.6) is 0 Å². The molecule has 0 atom stereocenters. The third-order valence-corrected chi connectivity index (χ3v) is 4.66. The first-order valence-corrected chi connectivity index (χ1v) is 8.95. The second-order valence-corrected chi connectivity index (χ2v) is 6.56. The Labute approximate surface area is 153 Å². The van der Waals surface area contributed by atoms with Gasteiger partial charge in [-0.05, 0) is 19.4 Å². The van der Waals surface area contributed by atoms with Crippen LogP contribution in [0.4, 0.5) is 0 Å². The van der Waals surface area contributed by atoms with Crippen LogP contribution in [0, 0.1) is 6.92 Å². The van der Waals surface area contributed by atoms with E-state index < -0.39 is 0 Å². The summed E-state index contributed by atoms with van der Waals surface area (Å²) >= 11 is 6.17. The van der Waals surface area contributed by atoms with Crippen molar-refractivity contribution in [1.82, 2.24) is 24.9 Å². The highest BCUT2D eigenvalue weighted by Crippen LogP contribution is 2.20. The summed E-state index contributed by atoms with van der Waals surface area (Å²) < 4.78 is 1.59. The van der Waals surface area contributed by atoms with Gasteiger partial charge < -0.3 is 10.2 Å². The van der Waals surface area contributed by atoms with Gasteiger partial charge in [0.1, 0.15) is 5.15 Å². The molecule has 0 radical (unpaired) electrons. The maximum absolute atomic E-state index is 12.3. The van der Waals surface area contributed by atoms with E-state index in [1.807, 2.05) is 13.8 Å². The average Bonchev–Trinajstić information content (AvgIpc) is 2.83. The van der Waals surface area contributed by atoms with Gasteiger partial charge in [0.2, 0.25) is 11.8 Å². The SMILES string of the molecule is CCCNC(=O)CN1CCN(C(=O)/C=C/c2c(C)nn(C)c2Cl)CC1. The summed E-state index contributed by atoms with van der Waals surface area (Å²) in [5, 5.41) is 7.61. The summed E-state index contributed by atoms with van der Waals surface area (Å²) in [5.74, 6) is -0.00220. The highest BCUT2D eigenvalue weighted by molar-refractivity contribution is 6.31. The molecule has 2 heterocycles. The molecule has 1 fully saturated rings. The topological polar surface area (TPSA) is 70.5 Å². The monoisotopic (exact) mass is 367 g/mol. The molecule has 1 aromatic heterocycles. The Bertz CT molecular complexity index is 648. The minimum atomic E-state index is -0.0468. The Morgan fingerprint density at radius 3 is 2.52 bits per heavy atom. The molecule has 0 aliphatic carbocycles. The fourth-order valence-electron chi connectivity index (χ4n) is 2.75. The number of carbonyl (C=O) groups excluding carboxylic acids is 2. The van der Waals surface area contributed by atoms with Crippen molar-refractivity contribution in [3.63, 3.8) is 0 Å². The van der Waals surface area contributed by atoms with Gasteiger partial charge >= 0.3 is 0 Å². The summed E-state index contributed by atoms with van der Waals surface area (Å²) in [6.45, 7) is 7.61. The van der Waals surface area contributed by atoms with E-state index in [0.29, 0.717) is 44.4 Å². The van der Waals surface area contributed by atoms with E-state index in [4.69, 9.17) is 11.6 Å². The van der Waals surface area contributed by atoms with Crippen LogP contribution in [-0.2, 0) is 16.6 Å². The Morgan fingerprint density at radius 1 is 1.28 bits per heavy atom. The summed E-state index contributed by atoms with van der Waals surface area (Å²) in [6, 6.07) is 0. The lowest BCUT2D eigenvalue weighted by atomic mass is 10.2. The normalized spacial score (nSPS) is 15.8. The van der Waals surface area contributed by atoms with E-state index in [2.05, 4.69) is 15.3 Å². The van der Waals surface area contributed by atoms with Crippen LogP contribution in [-0.4, -0.2) is 70.7 Å². The van der Waals surface area contributed by atoms with Crippen LogP contribution in [0.3, 0.4) is 0 Å². The molecule has 2 rings (SSSR count). The smallest absolute Gasteiger partial charge is 0.246 e. The molecule has 138 valence electrons. The number of carbonyl (C=O) groups is 2. The third-order valence-electron chi connectivity index (χ3n) is 4.21. The number of nitrogens with zero attached hydrogens (tertiary/aromatic N) is 4. The maximum atomic E-state index is 12.3. The van der Waals surface area contributed by atoms with E-state index >= 15 is 0 Å². The second kappa shape index (κ2) is 9.01. The molecule has 8 heteroatoms. The lowest BCUT2D eigenvalue weighted by molar-refractivity contribution is -0.128. The standard InChI is InChI=1S/C17H26ClN5O2/c1-4-7-19-15(24)12-22-8-10-23(11-9-22)16(25)6-5-14-13(2)20-21(3)17(14)18/h5-6H,4,7-12H2,1-3H3,(H,19,24)/b6-5+. The second-order valence-electron chi connectivity index (χ2n) is 6.20. The van der Waals surface area contributed by atoms with Gasteiger partial charge in [0.05, 0.1) is 12.2 Å². The zero-order valence-corrected chi connectivity index (χ0v) is 15.8. The molecule has 7 nitrogen and oxygen atoms in total. The molecule has 1 aromatic rings. The minimum Gasteiger partial charge on any atom is -0.355 e. The van der Waals surface area contributed by atoms with Gasteiger partial charge in [-0.25, -0.2) is 0 Å². The number of hydrogen-bond donors (Lipinski definition) is 1. The lowest BCUT2D eigenvalue weighted by Gasteiger charge is -2.33. The van der Waals surface area contributed by atoms with Crippen LogP contribution < -0.4 is 5.32 Å². The van der Waals surface area contributed by atoms with Gasteiger partial charge in [0, 0.05) is 51.4 Å². The quantitative estimate of drug-likeness (QED) is 0.763. The van der Waals surface area contributed by atoms with Crippen LogP contribution >= 0.6 is 11.6 Å². The van der Waals surface area contributed by atoms with Gasteiger partial charge in [-0.2, -0.15) is 5.10 Å². The number of halogens is 1. The predicted molar refractivity (Wildman–Crippen MR) is 98.3 cm³/mol. The molecule has 0 spiro atoms. The van der Waals surface area contributed by atoms with Gasteiger partial charge in [-0.3, -0.25) is 19.2 Å². The van der Waals surface area contributed by atoms with Crippen LogP contribution in [0.15, 0.2) is 6.08 Å². The third kappa shape index (κ3) is 5.31. The fraction of sp³-hybridized carbons (Fsp3) is 0.588. The van der Waals surface area contributed by atoms with Crippen LogP contribution in [0.25, 0.3) is 6.08 Å². The molecule has 0 aromatic carbocycles. The predicted octanol–water partition coefficient (Wildman–Crippen LogP) is 1.07. The first-order chi connectivity index (χ1) is 11.9. The summed E-state index contributed by atoms with van der Waals surface area (Å²) in [7, 11) is 1.77. The average molecular weight is 368 g/mol. The Morgan fingerprint density at radius 2 is 1.96 bits per heavy atom. The summed E-state index contributed by atoms with van der Waals surface area (Å²) in [4.78, 5) is 27.9. The van der Waals surface area contributed by atoms with Crippen LogP contribution in [0.1, 0.15) is 24.6 Å². The molecule has 1 N–H and O–H groups in total. The van der Waals surface area contributed by atoms with Crippen molar-refractivity contribution in [3.8, 4) is 0 Å². The van der Waals surface area contributed by atoms with Gasteiger partial charge in [-0.15, -0.1) is 0 Å². The number of amides is 2. The minimum absolute atomic E-state index is 0.0446. The maximum Gasteiger partial charge on any atom is 0.246 e. The largest absolute Gasteiger partial charge is 0.355 e. The van der Waals surface area contributed by atoms with Gasteiger partial charge in [0.15, 0.2) is 0 Å². The van der Waals surface area contributed by atoms with E-state index in [-0.39, 0.29) is 11.8 Å². The van der Waals surface area contributed by atoms with E-state index in [1.165, 1.54) is 0 Å². The summed E-state index contributed by atoms with van der Waals surface area (Å²) in [5.41, 5.74) is 1.56. The number of piperazine rings is 1. The van der Waals surface area contributed by atoms with Crippen molar-refractivity contribution in [3.05, 3.63) is 22.5 Å². The highest BCUT2D eigenvalue weighted by Gasteiger charge is 2.21. The van der Waals surface area contributed by atoms with E-state index in [1.54, 1.807) is 28.8 Å². The molecular formula is C17H26ClN5O2. The number of nitrogens with one attached hydrogen (secondary N) is 1. The van der Waals surface area contributed by atoms with Crippen molar-refractivity contribution >= 4 is 29.5 Å². The fourth-order valence-corrected chi connectivity index (χ4v) is 2.98.